The third-order valence-electron chi connectivity index (χ3n) is 3.17. The van der Waals surface area contributed by atoms with E-state index in [0.717, 1.165) is 0 Å². The van der Waals surface area contributed by atoms with Gasteiger partial charge in [-0.25, -0.2) is 0 Å². The highest BCUT2D eigenvalue weighted by atomic mass is 79.9. The van der Waals surface area contributed by atoms with Crippen LogP contribution in [-0.2, 0) is 0 Å². The van der Waals surface area contributed by atoms with Crippen LogP contribution >= 0.6 is 15.9 Å². The highest BCUT2D eigenvalue weighted by molar-refractivity contribution is 9.10. The molecule has 0 N–H and O–H groups in total. The van der Waals surface area contributed by atoms with Crippen LogP contribution in [0.15, 0.2) is 48.5 Å². The molecular formula is C17H15BrO4. The number of benzene rings is 2. The van der Waals surface area contributed by atoms with Crippen molar-refractivity contribution in [1.29, 1.82) is 0 Å². The Bertz CT molecular complexity index is 637. The first-order chi connectivity index (χ1) is 10.6. The van der Waals surface area contributed by atoms with Crippen LogP contribution in [0.2, 0.25) is 0 Å². The lowest BCUT2D eigenvalue weighted by Crippen LogP contribution is -2.24. The summed E-state index contributed by atoms with van der Waals surface area (Å²) in [5.41, 5.74) is 0.829. The molecule has 2 aromatic carbocycles. The van der Waals surface area contributed by atoms with Crippen LogP contribution in [0.25, 0.3) is 0 Å². The van der Waals surface area contributed by atoms with Crippen molar-refractivity contribution in [2.24, 2.45) is 0 Å². The average molecular weight is 363 g/mol. The number of Topliss-reactive ketones (excluding diaryl/α,β-unsaturated/α-hetero) is 2. The van der Waals surface area contributed by atoms with Gasteiger partial charge in [0.1, 0.15) is 16.3 Å². The van der Waals surface area contributed by atoms with Crippen LogP contribution in [-0.4, -0.2) is 30.6 Å². The second-order valence-electron chi connectivity index (χ2n) is 4.55. The molecule has 0 aromatic heterocycles. The van der Waals surface area contributed by atoms with Gasteiger partial charge in [-0.2, -0.15) is 0 Å². The molecule has 0 atom stereocenters. The van der Waals surface area contributed by atoms with E-state index in [1.807, 2.05) is 0 Å². The molecule has 0 aliphatic heterocycles. The third kappa shape index (κ3) is 3.54. The summed E-state index contributed by atoms with van der Waals surface area (Å²) in [6.45, 7) is 0. The second-order valence-corrected chi connectivity index (χ2v) is 5.47. The van der Waals surface area contributed by atoms with E-state index in [1.165, 1.54) is 14.2 Å². The molecule has 22 heavy (non-hydrogen) atoms. The normalized spacial score (nSPS) is 10.4. The van der Waals surface area contributed by atoms with E-state index in [4.69, 9.17) is 9.47 Å². The van der Waals surface area contributed by atoms with E-state index < -0.39 is 4.83 Å². The molecule has 0 aliphatic carbocycles. The number of carbonyl (C=O) groups excluding carboxylic acids is 2. The third-order valence-corrected chi connectivity index (χ3v) is 4.00. The smallest absolute Gasteiger partial charge is 0.184 e. The lowest BCUT2D eigenvalue weighted by atomic mass is 10.0. The standard InChI is InChI=1S/C17H15BrO4/c1-21-13-7-3-5-11(9-13)16(19)15(18)17(20)12-6-4-8-14(10-12)22-2/h3-10,15H,1-2H3. The summed E-state index contributed by atoms with van der Waals surface area (Å²) in [5, 5.41) is 0. The van der Waals surface area contributed by atoms with Gasteiger partial charge in [0.25, 0.3) is 0 Å². The van der Waals surface area contributed by atoms with Crippen molar-refractivity contribution in [2.45, 2.75) is 4.83 Å². The van der Waals surface area contributed by atoms with Crippen molar-refractivity contribution in [3.05, 3.63) is 59.7 Å². The summed E-state index contributed by atoms with van der Waals surface area (Å²) < 4.78 is 10.2. The van der Waals surface area contributed by atoms with Crippen LogP contribution in [0, 0.1) is 0 Å². The number of methoxy groups -OCH3 is 2. The van der Waals surface area contributed by atoms with E-state index in [-0.39, 0.29) is 11.6 Å². The zero-order valence-electron chi connectivity index (χ0n) is 12.2. The molecule has 0 radical (unpaired) electrons. The zero-order valence-corrected chi connectivity index (χ0v) is 13.8. The van der Waals surface area contributed by atoms with Crippen molar-refractivity contribution in [2.75, 3.05) is 14.2 Å². The molecular weight excluding hydrogens is 348 g/mol. The van der Waals surface area contributed by atoms with Crippen molar-refractivity contribution in [3.63, 3.8) is 0 Å². The Morgan fingerprint density at radius 3 is 1.64 bits per heavy atom. The van der Waals surface area contributed by atoms with Crippen LogP contribution in [0.3, 0.4) is 0 Å². The molecule has 0 fully saturated rings. The molecule has 0 saturated heterocycles. The fourth-order valence-corrected chi connectivity index (χ4v) is 2.49. The minimum Gasteiger partial charge on any atom is -0.497 e. The fourth-order valence-electron chi connectivity index (χ4n) is 1.96. The Kier molecular flexibility index (Phi) is 5.33. The molecule has 0 unspecified atom stereocenters. The monoisotopic (exact) mass is 362 g/mol. The van der Waals surface area contributed by atoms with Crippen molar-refractivity contribution in [3.8, 4) is 11.5 Å². The summed E-state index contributed by atoms with van der Waals surface area (Å²) >= 11 is 3.19. The first-order valence-electron chi connectivity index (χ1n) is 6.57. The first-order valence-corrected chi connectivity index (χ1v) is 7.49. The molecule has 4 nitrogen and oxygen atoms in total. The number of halogens is 1. The van der Waals surface area contributed by atoms with Crippen molar-refractivity contribution >= 4 is 27.5 Å². The Balaban J connectivity index is 2.23. The maximum absolute atomic E-state index is 12.4. The number of ether oxygens (including phenoxy) is 2. The Morgan fingerprint density at radius 2 is 1.27 bits per heavy atom. The molecule has 2 aromatic rings. The largest absolute Gasteiger partial charge is 0.497 e. The summed E-state index contributed by atoms with van der Waals surface area (Å²) in [7, 11) is 3.05. The van der Waals surface area contributed by atoms with Gasteiger partial charge in [-0.1, -0.05) is 40.2 Å². The predicted molar refractivity (Wildman–Crippen MR) is 87.4 cm³/mol. The first kappa shape index (κ1) is 16.2. The topological polar surface area (TPSA) is 52.6 Å². The summed E-state index contributed by atoms with van der Waals surface area (Å²) in [5.74, 6) is 0.511. The van der Waals surface area contributed by atoms with Crippen LogP contribution in [0.5, 0.6) is 11.5 Å². The zero-order chi connectivity index (χ0) is 16.1. The minimum absolute atomic E-state index is 0.313. The Morgan fingerprint density at radius 1 is 0.864 bits per heavy atom. The molecule has 0 bridgehead atoms. The predicted octanol–water partition coefficient (Wildman–Crippen LogP) is 3.53. The van der Waals surface area contributed by atoms with Crippen LogP contribution in [0.4, 0.5) is 0 Å². The number of carbonyl (C=O) groups is 2. The molecule has 0 heterocycles. The van der Waals surface area contributed by atoms with Gasteiger partial charge in [0.2, 0.25) is 0 Å². The number of hydrogen-bond acceptors (Lipinski definition) is 4. The number of hydrogen-bond donors (Lipinski definition) is 0. The summed E-state index contributed by atoms with van der Waals surface area (Å²) in [4.78, 5) is 23.9. The molecule has 5 heteroatoms. The maximum Gasteiger partial charge on any atom is 0.184 e. The maximum atomic E-state index is 12.4. The van der Waals surface area contributed by atoms with E-state index in [2.05, 4.69) is 15.9 Å². The van der Waals surface area contributed by atoms with Gasteiger partial charge in [0.15, 0.2) is 11.6 Å². The Labute approximate surface area is 137 Å². The van der Waals surface area contributed by atoms with Gasteiger partial charge < -0.3 is 9.47 Å². The molecule has 0 saturated carbocycles. The molecule has 0 aliphatic rings. The minimum atomic E-state index is -0.952. The fraction of sp³-hybridized carbons (Fsp3) is 0.176. The van der Waals surface area contributed by atoms with Crippen molar-refractivity contribution in [1.82, 2.24) is 0 Å². The molecule has 114 valence electrons. The van der Waals surface area contributed by atoms with Crippen LogP contribution in [0.1, 0.15) is 20.7 Å². The Hall–Kier alpha value is -2.14. The van der Waals surface area contributed by atoms with E-state index in [9.17, 15) is 9.59 Å². The number of rotatable bonds is 6. The van der Waals surface area contributed by atoms with Crippen molar-refractivity contribution < 1.29 is 19.1 Å². The van der Waals surface area contributed by atoms with Crippen LogP contribution < -0.4 is 9.47 Å². The SMILES string of the molecule is COc1cccc(C(=O)C(Br)C(=O)c2cccc(OC)c2)c1. The summed E-state index contributed by atoms with van der Waals surface area (Å²) in [6.07, 6.45) is 0. The van der Waals surface area contributed by atoms with Gasteiger partial charge >= 0.3 is 0 Å². The number of alkyl halides is 1. The van der Waals surface area contributed by atoms with E-state index in [1.54, 1.807) is 48.5 Å². The van der Waals surface area contributed by atoms with E-state index in [0.29, 0.717) is 22.6 Å². The highest BCUT2D eigenvalue weighted by Gasteiger charge is 2.26. The van der Waals surface area contributed by atoms with E-state index >= 15 is 0 Å². The van der Waals surface area contributed by atoms with Gasteiger partial charge in [-0.3, -0.25) is 9.59 Å². The second kappa shape index (κ2) is 7.22. The quantitative estimate of drug-likeness (QED) is 0.448. The van der Waals surface area contributed by atoms with Gasteiger partial charge in [0, 0.05) is 11.1 Å². The highest BCUT2D eigenvalue weighted by Crippen LogP contribution is 2.21. The lowest BCUT2D eigenvalue weighted by Gasteiger charge is -2.10. The van der Waals surface area contributed by atoms with Gasteiger partial charge in [-0.05, 0) is 24.3 Å². The summed E-state index contributed by atoms with van der Waals surface area (Å²) in [6, 6.07) is 13.4. The molecule has 0 amide bonds. The van der Waals surface area contributed by atoms with Gasteiger partial charge in [0.05, 0.1) is 14.2 Å². The average Bonchev–Trinajstić information content (AvgIpc) is 2.59. The molecule has 2 rings (SSSR count). The lowest BCUT2D eigenvalue weighted by molar-refractivity contribution is 0.0906. The van der Waals surface area contributed by atoms with Gasteiger partial charge in [-0.15, -0.1) is 0 Å². The molecule has 0 spiro atoms. The number of ketones is 2.